The summed E-state index contributed by atoms with van der Waals surface area (Å²) in [6.45, 7) is 8.28. The third-order valence-electron chi connectivity index (χ3n) is 3.26. The third-order valence-corrected chi connectivity index (χ3v) is 3.26. The summed E-state index contributed by atoms with van der Waals surface area (Å²) < 4.78 is 5.49. The Morgan fingerprint density at radius 2 is 2.19 bits per heavy atom. The highest BCUT2D eigenvalue weighted by atomic mass is 16.5. The van der Waals surface area contributed by atoms with Crippen LogP contribution >= 0.6 is 0 Å². The number of para-hydroxylation sites is 1. The average Bonchev–Trinajstić information content (AvgIpc) is 2.50. The van der Waals surface area contributed by atoms with Crippen LogP contribution < -0.4 is 11.1 Å². The van der Waals surface area contributed by atoms with Crippen molar-refractivity contribution in [3.63, 3.8) is 0 Å². The van der Waals surface area contributed by atoms with Crippen molar-refractivity contribution in [3.8, 4) is 0 Å². The van der Waals surface area contributed by atoms with E-state index in [9.17, 15) is 0 Å². The largest absolute Gasteiger partial charge is 0.376 e. The minimum absolute atomic E-state index is 0.0806. The monoisotopic (exact) mass is 285 g/mol. The quantitative estimate of drug-likeness (QED) is 0.577. The van der Waals surface area contributed by atoms with Crippen molar-refractivity contribution < 1.29 is 4.74 Å². The number of benzene rings is 1. The standard InChI is InChI=1S/C17H23N3O/c1-13(2)12-21-10-9-19-16(11-18)15-7-3-5-14-6-4-8-20-17(14)15/h3-8,16,19H,1,9-12,18H2,2H3. The van der Waals surface area contributed by atoms with E-state index in [1.165, 1.54) is 0 Å². The zero-order chi connectivity index (χ0) is 15.1. The van der Waals surface area contributed by atoms with Crippen LogP contribution in [0, 0.1) is 0 Å². The second-order valence-electron chi connectivity index (χ2n) is 5.17. The number of fused-ring (bicyclic) bond motifs is 1. The highest BCUT2D eigenvalue weighted by Crippen LogP contribution is 2.21. The molecule has 0 radical (unpaired) electrons. The van der Waals surface area contributed by atoms with Crippen molar-refractivity contribution in [1.29, 1.82) is 0 Å². The Kier molecular flexibility index (Phi) is 5.87. The van der Waals surface area contributed by atoms with Gasteiger partial charge in [-0.05, 0) is 18.6 Å². The van der Waals surface area contributed by atoms with Gasteiger partial charge < -0.3 is 15.8 Å². The number of nitrogens with two attached hydrogens (primary N) is 1. The van der Waals surface area contributed by atoms with Gasteiger partial charge in [0.25, 0.3) is 0 Å². The number of nitrogens with one attached hydrogen (secondary N) is 1. The Hall–Kier alpha value is -1.75. The maximum Gasteiger partial charge on any atom is 0.0750 e. The van der Waals surface area contributed by atoms with Gasteiger partial charge in [-0.25, -0.2) is 0 Å². The Morgan fingerprint density at radius 3 is 2.95 bits per heavy atom. The van der Waals surface area contributed by atoms with E-state index in [1.807, 2.05) is 25.3 Å². The van der Waals surface area contributed by atoms with Gasteiger partial charge in [0.05, 0.1) is 18.7 Å². The first-order chi connectivity index (χ1) is 10.2. The van der Waals surface area contributed by atoms with Crippen molar-refractivity contribution in [3.05, 3.63) is 54.2 Å². The molecular weight excluding hydrogens is 262 g/mol. The van der Waals surface area contributed by atoms with E-state index in [-0.39, 0.29) is 6.04 Å². The van der Waals surface area contributed by atoms with Crippen LogP contribution in [0.1, 0.15) is 18.5 Å². The predicted molar refractivity (Wildman–Crippen MR) is 87.2 cm³/mol. The molecule has 1 atom stereocenters. The number of ether oxygens (including phenoxy) is 1. The molecule has 0 saturated heterocycles. The number of aromatic nitrogens is 1. The van der Waals surface area contributed by atoms with Crippen molar-refractivity contribution >= 4 is 10.9 Å². The van der Waals surface area contributed by atoms with E-state index in [4.69, 9.17) is 10.5 Å². The minimum atomic E-state index is 0.0806. The molecule has 1 aromatic heterocycles. The molecular formula is C17H23N3O. The average molecular weight is 285 g/mol. The van der Waals surface area contributed by atoms with Crippen molar-refractivity contribution in [2.75, 3.05) is 26.3 Å². The van der Waals surface area contributed by atoms with Gasteiger partial charge in [0.2, 0.25) is 0 Å². The van der Waals surface area contributed by atoms with Gasteiger partial charge in [0.15, 0.2) is 0 Å². The fraction of sp³-hybridized carbons (Fsp3) is 0.353. The smallest absolute Gasteiger partial charge is 0.0750 e. The van der Waals surface area contributed by atoms with Crippen molar-refractivity contribution in [1.82, 2.24) is 10.3 Å². The second-order valence-corrected chi connectivity index (χ2v) is 5.17. The highest BCUT2D eigenvalue weighted by Gasteiger charge is 2.12. The Balaban J connectivity index is 2.01. The Labute approximate surface area is 126 Å². The molecule has 1 heterocycles. The summed E-state index contributed by atoms with van der Waals surface area (Å²) in [4.78, 5) is 4.48. The van der Waals surface area contributed by atoms with Crippen LogP contribution in [0.15, 0.2) is 48.7 Å². The van der Waals surface area contributed by atoms with Crippen LogP contribution in [0.3, 0.4) is 0 Å². The summed E-state index contributed by atoms with van der Waals surface area (Å²) in [7, 11) is 0. The van der Waals surface area contributed by atoms with E-state index < -0.39 is 0 Å². The van der Waals surface area contributed by atoms with Crippen LogP contribution in [0.2, 0.25) is 0 Å². The molecule has 4 nitrogen and oxygen atoms in total. The van der Waals surface area contributed by atoms with E-state index in [0.717, 1.165) is 28.6 Å². The van der Waals surface area contributed by atoms with E-state index in [1.54, 1.807) is 0 Å². The van der Waals surface area contributed by atoms with Crippen molar-refractivity contribution in [2.45, 2.75) is 13.0 Å². The summed E-state index contributed by atoms with van der Waals surface area (Å²) in [6, 6.07) is 10.3. The summed E-state index contributed by atoms with van der Waals surface area (Å²) in [5.74, 6) is 0. The summed E-state index contributed by atoms with van der Waals surface area (Å²) in [5, 5.41) is 4.57. The first kappa shape index (κ1) is 15.6. The second kappa shape index (κ2) is 7.88. The lowest BCUT2D eigenvalue weighted by atomic mass is 10.0. The zero-order valence-corrected chi connectivity index (χ0v) is 12.5. The lowest BCUT2D eigenvalue weighted by Crippen LogP contribution is -2.31. The fourth-order valence-corrected chi connectivity index (χ4v) is 2.28. The molecule has 3 N–H and O–H groups in total. The number of nitrogens with zero attached hydrogens (tertiary/aromatic N) is 1. The topological polar surface area (TPSA) is 60.2 Å². The summed E-state index contributed by atoms with van der Waals surface area (Å²) in [6.07, 6.45) is 1.81. The van der Waals surface area contributed by atoms with Gasteiger partial charge in [0, 0.05) is 30.7 Å². The van der Waals surface area contributed by atoms with E-state index in [2.05, 4.69) is 35.1 Å². The van der Waals surface area contributed by atoms with Crippen LogP contribution in [0.5, 0.6) is 0 Å². The van der Waals surface area contributed by atoms with Crippen LogP contribution in [0.25, 0.3) is 10.9 Å². The number of pyridine rings is 1. The molecule has 0 bridgehead atoms. The zero-order valence-electron chi connectivity index (χ0n) is 12.5. The molecule has 0 aliphatic carbocycles. The van der Waals surface area contributed by atoms with Gasteiger partial charge in [0.1, 0.15) is 0 Å². The van der Waals surface area contributed by atoms with Crippen LogP contribution in [-0.2, 0) is 4.74 Å². The Bertz CT molecular complexity index is 592. The molecule has 0 fully saturated rings. The number of hydrogen-bond donors (Lipinski definition) is 2. The third kappa shape index (κ3) is 4.36. The molecule has 0 spiro atoms. The van der Waals surface area contributed by atoms with E-state index >= 15 is 0 Å². The summed E-state index contributed by atoms with van der Waals surface area (Å²) in [5.41, 5.74) is 9.08. The molecule has 1 aromatic carbocycles. The minimum Gasteiger partial charge on any atom is -0.376 e. The molecule has 0 aliphatic heterocycles. The maximum absolute atomic E-state index is 5.91. The van der Waals surface area contributed by atoms with Gasteiger partial charge in [-0.3, -0.25) is 4.98 Å². The lowest BCUT2D eigenvalue weighted by molar-refractivity contribution is 0.155. The molecule has 0 aliphatic rings. The summed E-state index contributed by atoms with van der Waals surface area (Å²) >= 11 is 0. The van der Waals surface area contributed by atoms with Gasteiger partial charge in [-0.2, -0.15) is 0 Å². The van der Waals surface area contributed by atoms with Gasteiger partial charge in [-0.15, -0.1) is 0 Å². The fourth-order valence-electron chi connectivity index (χ4n) is 2.28. The molecule has 0 saturated carbocycles. The highest BCUT2D eigenvalue weighted by molar-refractivity contribution is 5.82. The molecule has 112 valence electrons. The maximum atomic E-state index is 5.91. The molecule has 2 rings (SSSR count). The van der Waals surface area contributed by atoms with Crippen LogP contribution in [-0.4, -0.2) is 31.3 Å². The first-order valence-corrected chi connectivity index (χ1v) is 7.21. The predicted octanol–water partition coefficient (Wildman–Crippen LogP) is 2.42. The van der Waals surface area contributed by atoms with Crippen molar-refractivity contribution in [2.24, 2.45) is 5.73 Å². The lowest BCUT2D eigenvalue weighted by Gasteiger charge is -2.18. The van der Waals surface area contributed by atoms with E-state index in [0.29, 0.717) is 19.8 Å². The molecule has 21 heavy (non-hydrogen) atoms. The molecule has 4 heteroatoms. The van der Waals surface area contributed by atoms with Gasteiger partial charge in [-0.1, -0.05) is 36.4 Å². The van der Waals surface area contributed by atoms with Crippen LogP contribution in [0.4, 0.5) is 0 Å². The SMILES string of the molecule is C=C(C)COCCNC(CN)c1cccc2cccnc12. The number of hydrogen-bond acceptors (Lipinski definition) is 4. The molecule has 2 aromatic rings. The first-order valence-electron chi connectivity index (χ1n) is 7.21. The number of rotatable bonds is 8. The normalized spacial score (nSPS) is 12.5. The molecule has 0 amide bonds. The van der Waals surface area contributed by atoms with Gasteiger partial charge >= 0.3 is 0 Å². The molecule has 1 unspecified atom stereocenters. The Morgan fingerprint density at radius 1 is 1.38 bits per heavy atom.